The van der Waals surface area contributed by atoms with Crippen LogP contribution in [0.25, 0.3) is 0 Å². The molecule has 0 saturated carbocycles. The first-order valence-electron chi connectivity index (χ1n) is 9.36. The van der Waals surface area contributed by atoms with Gasteiger partial charge in [-0.3, -0.25) is 9.59 Å². The Morgan fingerprint density at radius 1 is 1.28 bits per heavy atom. The van der Waals surface area contributed by atoms with Crippen molar-refractivity contribution in [2.75, 3.05) is 32.7 Å². The quantitative estimate of drug-likeness (QED) is 0.696. The van der Waals surface area contributed by atoms with Crippen molar-refractivity contribution in [1.82, 2.24) is 15.5 Å². The van der Waals surface area contributed by atoms with Crippen LogP contribution in [0.1, 0.15) is 53.2 Å². The summed E-state index contributed by atoms with van der Waals surface area (Å²) in [6.07, 6.45) is 4.44. The van der Waals surface area contributed by atoms with Crippen LogP contribution in [0.4, 0.5) is 0 Å². The van der Waals surface area contributed by atoms with Gasteiger partial charge in [-0.15, -0.1) is 11.3 Å². The summed E-state index contributed by atoms with van der Waals surface area (Å²) in [5.74, 6) is 0.565. The van der Waals surface area contributed by atoms with E-state index >= 15 is 0 Å². The van der Waals surface area contributed by atoms with Crippen molar-refractivity contribution >= 4 is 23.2 Å². The van der Waals surface area contributed by atoms with E-state index in [0.717, 1.165) is 30.9 Å². The fraction of sp³-hybridized carbons (Fsp3) is 0.684. The summed E-state index contributed by atoms with van der Waals surface area (Å²) in [7, 11) is 0. The van der Waals surface area contributed by atoms with Crippen LogP contribution < -0.4 is 10.6 Å². The molecule has 0 bridgehead atoms. The molecule has 0 spiro atoms. The zero-order valence-electron chi connectivity index (χ0n) is 15.7. The monoisotopic (exact) mass is 365 g/mol. The summed E-state index contributed by atoms with van der Waals surface area (Å²) in [5, 5.41) is 5.60. The normalized spacial score (nSPS) is 16.0. The number of carbonyl (C=O) groups is 2. The third-order valence-electron chi connectivity index (χ3n) is 4.82. The molecule has 0 atom stereocenters. The Hall–Kier alpha value is -1.40. The van der Waals surface area contributed by atoms with Gasteiger partial charge < -0.3 is 15.5 Å². The lowest BCUT2D eigenvalue weighted by Gasteiger charge is -2.30. The number of nitrogens with one attached hydrogen (secondary N) is 2. The van der Waals surface area contributed by atoms with Crippen LogP contribution in [0.15, 0.2) is 6.07 Å². The summed E-state index contributed by atoms with van der Waals surface area (Å²) in [5.41, 5.74) is 1.15. The summed E-state index contributed by atoms with van der Waals surface area (Å²) < 4.78 is 0. The van der Waals surface area contributed by atoms with Gasteiger partial charge in [-0.25, -0.2) is 0 Å². The van der Waals surface area contributed by atoms with Crippen LogP contribution >= 0.6 is 11.3 Å². The fourth-order valence-corrected chi connectivity index (χ4v) is 4.14. The topological polar surface area (TPSA) is 61.4 Å². The summed E-state index contributed by atoms with van der Waals surface area (Å²) in [6.45, 7) is 10.5. The number of piperidine rings is 1. The molecule has 1 aliphatic rings. The van der Waals surface area contributed by atoms with Gasteiger partial charge in [0, 0.05) is 11.4 Å². The third-order valence-corrected chi connectivity index (χ3v) is 6.20. The van der Waals surface area contributed by atoms with Gasteiger partial charge in [0.15, 0.2) is 0 Å². The van der Waals surface area contributed by atoms with Crippen LogP contribution in [-0.4, -0.2) is 49.4 Å². The fourth-order valence-electron chi connectivity index (χ4n) is 3.11. The molecular weight excluding hydrogens is 334 g/mol. The van der Waals surface area contributed by atoms with Crippen molar-refractivity contribution in [3.05, 3.63) is 21.4 Å². The lowest BCUT2D eigenvalue weighted by Crippen LogP contribution is -2.38. The number of rotatable bonds is 8. The Balaban J connectivity index is 1.59. The highest BCUT2D eigenvalue weighted by atomic mass is 32.1. The third kappa shape index (κ3) is 6.44. The Kier molecular flexibility index (Phi) is 7.90. The molecule has 0 aromatic carbocycles. The smallest absolute Gasteiger partial charge is 0.261 e. The van der Waals surface area contributed by atoms with E-state index in [-0.39, 0.29) is 18.4 Å². The molecule has 0 aliphatic carbocycles. The van der Waals surface area contributed by atoms with Crippen molar-refractivity contribution in [3.63, 3.8) is 0 Å². The van der Waals surface area contributed by atoms with Gasteiger partial charge in [-0.1, -0.05) is 13.8 Å². The van der Waals surface area contributed by atoms with E-state index in [9.17, 15) is 9.59 Å². The van der Waals surface area contributed by atoms with Crippen LogP contribution in [0.5, 0.6) is 0 Å². The lowest BCUT2D eigenvalue weighted by molar-refractivity contribution is -0.120. The van der Waals surface area contributed by atoms with Crippen molar-refractivity contribution in [3.8, 4) is 0 Å². The summed E-state index contributed by atoms with van der Waals surface area (Å²) >= 11 is 1.51. The highest BCUT2D eigenvalue weighted by molar-refractivity contribution is 7.14. The molecule has 2 heterocycles. The minimum absolute atomic E-state index is 0.0401. The summed E-state index contributed by atoms with van der Waals surface area (Å²) in [4.78, 5) is 28.3. The van der Waals surface area contributed by atoms with Crippen molar-refractivity contribution in [2.24, 2.45) is 5.92 Å². The number of thiophene rings is 1. The van der Waals surface area contributed by atoms with Crippen molar-refractivity contribution in [2.45, 2.75) is 46.5 Å². The van der Waals surface area contributed by atoms with Gasteiger partial charge in [-0.05, 0) is 69.8 Å². The Bertz CT molecular complexity index is 577. The second-order valence-electron chi connectivity index (χ2n) is 6.98. The van der Waals surface area contributed by atoms with Gasteiger partial charge >= 0.3 is 0 Å². The lowest BCUT2D eigenvalue weighted by atomic mass is 9.99. The summed E-state index contributed by atoms with van der Waals surface area (Å²) in [6, 6.07) is 1.90. The van der Waals surface area contributed by atoms with Gasteiger partial charge in [0.25, 0.3) is 5.91 Å². The number of amides is 2. The van der Waals surface area contributed by atoms with E-state index in [1.807, 2.05) is 13.0 Å². The predicted molar refractivity (Wildman–Crippen MR) is 103 cm³/mol. The molecule has 1 aliphatic heterocycles. The van der Waals surface area contributed by atoms with Crippen molar-refractivity contribution < 1.29 is 9.59 Å². The molecule has 6 heteroatoms. The average Bonchev–Trinajstić information content (AvgIpc) is 2.99. The van der Waals surface area contributed by atoms with Crippen LogP contribution in [0.3, 0.4) is 0 Å². The van der Waals surface area contributed by atoms with Gasteiger partial charge in [0.1, 0.15) is 0 Å². The molecule has 140 valence electrons. The molecule has 5 nitrogen and oxygen atoms in total. The first-order valence-corrected chi connectivity index (χ1v) is 10.2. The molecule has 1 aromatic heterocycles. The number of hydrogen-bond acceptors (Lipinski definition) is 4. The van der Waals surface area contributed by atoms with Crippen LogP contribution in [-0.2, 0) is 11.2 Å². The molecule has 0 unspecified atom stereocenters. The van der Waals surface area contributed by atoms with E-state index in [1.54, 1.807) is 0 Å². The van der Waals surface area contributed by atoms with Crippen LogP contribution in [0.2, 0.25) is 0 Å². The molecular formula is C19H31N3O2S. The first kappa shape index (κ1) is 19.9. The van der Waals surface area contributed by atoms with Gasteiger partial charge in [-0.2, -0.15) is 0 Å². The maximum atomic E-state index is 12.1. The first-order chi connectivity index (χ1) is 12.0. The van der Waals surface area contributed by atoms with E-state index in [2.05, 4.69) is 29.4 Å². The van der Waals surface area contributed by atoms with Gasteiger partial charge in [0.05, 0.1) is 11.4 Å². The van der Waals surface area contributed by atoms with E-state index in [0.29, 0.717) is 11.4 Å². The minimum Gasteiger partial charge on any atom is -0.355 e. The molecule has 1 aromatic rings. The molecule has 2 N–H and O–H groups in total. The highest BCUT2D eigenvalue weighted by Gasteiger charge is 2.15. The number of likely N-dealkylation sites (tertiary alicyclic amines) is 1. The number of nitrogens with zero attached hydrogens (tertiary/aromatic N) is 1. The van der Waals surface area contributed by atoms with E-state index in [4.69, 9.17) is 0 Å². The number of aryl methyl sites for hydroxylation is 2. The number of hydrogen-bond donors (Lipinski definition) is 2. The van der Waals surface area contributed by atoms with Gasteiger partial charge in [0.2, 0.25) is 5.91 Å². The van der Waals surface area contributed by atoms with E-state index in [1.165, 1.54) is 42.1 Å². The molecule has 2 rings (SSSR count). The Morgan fingerprint density at radius 2 is 2.00 bits per heavy atom. The Morgan fingerprint density at radius 3 is 2.64 bits per heavy atom. The zero-order chi connectivity index (χ0) is 18.2. The Labute approximate surface area is 155 Å². The highest BCUT2D eigenvalue weighted by Crippen LogP contribution is 2.22. The molecule has 2 amide bonds. The predicted octanol–water partition coefficient (Wildman–Crippen LogP) is 2.59. The van der Waals surface area contributed by atoms with E-state index < -0.39 is 0 Å². The maximum Gasteiger partial charge on any atom is 0.261 e. The number of carbonyl (C=O) groups excluding carboxylic acids is 2. The standard InChI is InChI=1S/C19H31N3O2S/c1-4-16-15(3)12-17(25-16)19(24)21-13-18(23)20-8-5-9-22-10-6-14(2)7-11-22/h12,14H,4-11,13H2,1-3H3,(H,20,23)(H,21,24). The van der Waals surface area contributed by atoms with Crippen molar-refractivity contribution in [1.29, 1.82) is 0 Å². The molecule has 1 fully saturated rings. The molecule has 25 heavy (non-hydrogen) atoms. The SMILES string of the molecule is CCc1sc(C(=O)NCC(=O)NCCCN2CCC(C)CC2)cc1C. The second kappa shape index (κ2) is 9.92. The second-order valence-corrected chi connectivity index (χ2v) is 8.12. The average molecular weight is 366 g/mol. The molecule has 1 saturated heterocycles. The molecule has 0 radical (unpaired) electrons. The minimum atomic E-state index is -0.162. The zero-order valence-corrected chi connectivity index (χ0v) is 16.5. The van der Waals surface area contributed by atoms with Crippen LogP contribution in [0, 0.1) is 12.8 Å². The maximum absolute atomic E-state index is 12.1. The largest absolute Gasteiger partial charge is 0.355 e.